The van der Waals surface area contributed by atoms with Gasteiger partial charge in [0.05, 0.1) is 12.3 Å². The van der Waals surface area contributed by atoms with Gasteiger partial charge in [0.15, 0.2) is 6.04 Å². The zero-order valence-corrected chi connectivity index (χ0v) is 18.0. The molecule has 4 rings (SSSR count). The van der Waals surface area contributed by atoms with Gasteiger partial charge in [-0.3, -0.25) is 4.99 Å². The molecule has 0 aliphatic heterocycles. The Hall–Kier alpha value is -3.20. The van der Waals surface area contributed by atoms with Gasteiger partial charge in [0.2, 0.25) is 0 Å². The average Bonchev–Trinajstić information content (AvgIpc) is 2.79. The van der Waals surface area contributed by atoms with E-state index in [1.54, 1.807) is 0 Å². The highest BCUT2D eigenvalue weighted by Gasteiger charge is 2.39. The van der Waals surface area contributed by atoms with Crippen LogP contribution in [-0.2, 0) is 9.53 Å². The van der Waals surface area contributed by atoms with Gasteiger partial charge in [-0.2, -0.15) is 0 Å². The third-order valence-electron chi connectivity index (χ3n) is 6.07. The summed E-state index contributed by atoms with van der Waals surface area (Å²) in [6.45, 7) is 2.21. The van der Waals surface area contributed by atoms with E-state index in [1.165, 1.54) is 6.42 Å². The van der Waals surface area contributed by atoms with Gasteiger partial charge in [-0.15, -0.1) is 0 Å². The topological polar surface area (TPSA) is 38.7 Å². The summed E-state index contributed by atoms with van der Waals surface area (Å²) in [7, 11) is 0. The van der Waals surface area contributed by atoms with Crippen molar-refractivity contribution in [1.29, 1.82) is 0 Å². The van der Waals surface area contributed by atoms with E-state index in [1.807, 2.05) is 61.5 Å². The first-order valence-corrected chi connectivity index (χ1v) is 11.2. The Morgan fingerprint density at radius 2 is 1.39 bits per heavy atom. The highest BCUT2D eigenvalue weighted by Crippen LogP contribution is 2.43. The predicted molar refractivity (Wildman–Crippen MR) is 125 cm³/mol. The molecule has 3 heteroatoms. The molecule has 1 aliphatic carbocycles. The Labute approximate surface area is 184 Å². The first kappa shape index (κ1) is 21.0. The highest BCUT2D eigenvalue weighted by atomic mass is 16.5. The molecule has 0 heterocycles. The quantitative estimate of drug-likeness (QED) is 0.335. The molecule has 0 spiro atoms. The Kier molecular flexibility index (Phi) is 6.93. The molecule has 158 valence electrons. The number of nitrogens with zero attached hydrogens (tertiary/aromatic N) is 1. The Morgan fingerprint density at radius 3 is 1.84 bits per heavy atom. The second-order valence-corrected chi connectivity index (χ2v) is 8.03. The van der Waals surface area contributed by atoms with E-state index in [2.05, 4.69) is 36.4 Å². The number of rotatable bonds is 8. The maximum atomic E-state index is 13.3. The van der Waals surface area contributed by atoms with Crippen LogP contribution in [0.1, 0.15) is 48.8 Å². The SMILES string of the molecule is CCOC(=O)C(N=C(c1ccccc1)c1ccccc1)C(c1ccccc1)C1CCC1. The summed E-state index contributed by atoms with van der Waals surface area (Å²) in [6, 6.07) is 30.0. The molecular formula is C28H29NO2. The van der Waals surface area contributed by atoms with Crippen molar-refractivity contribution in [1.82, 2.24) is 0 Å². The smallest absolute Gasteiger partial charge is 0.331 e. The molecule has 0 bridgehead atoms. The van der Waals surface area contributed by atoms with E-state index >= 15 is 0 Å². The second kappa shape index (κ2) is 10.2. The van der Waals surface area contributed by atoms with Crippen LogP contribution in [0.4, 0.5) is 0 Å². The first-order valence-electron chi connectivity index (χ1n) is 11.2. The van der Waals surface area contributed by atoms with Crippen LogP contribution >= 0.6 is 0 Å². The van der Waals surface area contributed by atoms with E-state index in [4.69, 9.17) is 9.73 Å². The van der Waals surface area contributed by atoms with Crippen molar-refractivity contribution >= 4 is 11.7 Å². The molecule has 3 aromatic carbocycles. The molecule has 0 radical (unpaired) electrons. The summed E-state index contributed by atoms with van der Waals surface area (Å²) in [5.41, 5.74) is 4.00. The summed E-state index contributed by atoms with van der Waals surface area (Å²) in [5.74, 6) is 0.206. The van der Waals surface area contributed by atoms with Gasteiger partial charge in [-0.05, 0) is 31.2 Å². The average molecular weight is 412 g/mol. The van der Waals surface area contributed by atoms with Gasteiger partial charge in [-0.25, -0.2) is 4.79 Å². The Balaban J connectivity index is 1.85. The summed E-state index contributed by atoms with van der Waals surface area (Å²) in [5, 5.41) is 0. The van der Waals surface area contributed by atoms with Crippen molar-refractivity contribution in [3.63, 3.8) is 0 Å². The number of carbonyl (C=O) groups is 1. The molecule has 2 unspecified atom stereocenters. The van der Waals surface area contributed by atoms with E-state index < -0.39 is 6.04 Å². The summed E-state index contributed by atoms with van der Waals surface area (Å²) >= 11 is 0. The zero-order valence-electron chi connectivity index (χ0n) is 18.0. The maximum absolute atomic E-state index is 13.3. The minimum atomic E-state index is -0.580. The molecule has 0 saturated heterocycles. The number of benzene rings is 3. The second-order valence-electron chi connectivity index (χ2n) is 8.03. The van der Waals surface area contributed by atoms with Crippen LogP contribution in [0.25, 0.3) is 0 Å². The van der Waals surface area contributed by atoms with Crippen molar-refractivity contribution in [3.8, 4) is 0 Å². The van der Waals surface area contributed by atoms with Crippen LogP contribution in [-0.4, -0.2) is 24.3 Å². The number of ether oxygens (including phenoxy) is 1. The van der Waals surface area contributed by atoms with E-state index in [0.29, 0.717) is 12.5 Å². The zero-order chi connectivity index (χ0) is 21.5. The lowest BCUT2D eigenvalue weighted by molar-refractivity contribution is -0.145. The number of hydrogen-bond donors (Lipinski definition) is 0. The maximum Gasteiger partial charge on any atom is 0.331 e. The third kappa shape index (κ3) is 4.93. The molecule has 3 nitrogen and oxygen atoms in total. The lowest BCUT2D eigenvalue weighted by Crippen LogP contribution is -2.36. The van der Waals surface area contributed by atoms with Crippen molar-refractivity contribution in [3.05, 3.63) is 108 Å². The van der Waals surface area contributed by atoms with Crippen molar-refractivity contribution in [2.75, 3.05) is 6.61 Å². The number of carbonyl (C=O) groups excluding carboxylic acids is 1. The monoisotopic (exact) mass is 411 g/mol. The minimum absolute atomic E-state index is 0.0106. The predicted octanol–water partition coefficient (Wildman–Crippen LogP) is 6.04. The largest absolute Gasteiger partial charge is 0.464 e. The fourth-order valence-corrected chi connectivity index (χ4v) is 4.34. The summed E-state index contributed by atoms with van der Waals surface area (Å²) in [4.78, 5) is 18.4. The highest BCUT2D eigenvalue weighted by molar-refractivity contribution is 6.13. The van der Waals surface area contributed by atoms with Gasteiger partial charge in [0.25, 0.3) is 0 Å². The molecule has 0 N–H and O–H groups in total. The van der Waals surface area contributed by atoms with Crippen LogP contribution in [0.5, 0.6) is 0 Å². The van der Waals surface area contributed by atoms with E-state index in [0.717, 1.165) is 35.2 Å². The van der Waals surface area contributed by atoms with Crippen molar-refractivity contribution in [2.24, 2.45) is 10.9 Å². The molecule has 1 saturated carbocycles. The Morgan fingerprint density at radius 1 is 0.871 bits per heavy atom. The van der Waals surface area contributed by atoms with Crippen molar-refractivity contribution < 1.29 is 9.53 Å². The molecule has 3 aromatic rings. The molecule has 2 atom stereocenters. The van der Waals surface area contributed by atoms with Gasteiger partial charge in [0, 0.05) is 17.0 Å². The molecule has 0 amide bonds. The van der Waals surface area contributed by atoms with E-state index in [9.17, 15) is 4.79 Å². The van der Waals surface area contributed by atoms with Gasteiger partial charge in [-0.1, -0.05) is 97.4 Å². The van der Waals surface area contributed by atoms with Crippen LogP contribution < -0.4 is 0 Å². The van der Waals surface area contributed by atoms with Crippen LogP contribution in [0.3, 0.4) is 0 Å². The molecule has 31 heavy (non-hydrogen) atoms. The molecule has 1 fully saturated rings. The number of esters is 1. The van der Waals surface area contributed by atoms with Crippen LogP contribution in [0.15, 0.2) is 96.0 Å². The number of hydrogen-bond acceptors (Lipinski definition) is 3. The van der Waals surface area contributed by atoms with Gasteiger partial charge >= 0.3 is 5.97 Å². The fourth-order valence-electron chi connectivity index (χ4n) is 4.34. The Bertz CT molecular complexity index is 953. The van der Waals surface area contributed by atoms with Gasteiger partial charge < -0.3 is 4.74 Å². The fraction of sp³-hybridized carbons (Fsp3) is 0.286. The number of aliphatic imine (C=N–C) groups is 1. The molecule has 1 aliphatic rings. The van der Waals surface area contributed by atoms with Crippen LogP contribution in [0, 0.1) is 5.92 Å². The third-order valence-corrected chi connectivity index (χ3v) is 6.07. The molecule has 0 aromatic heterocycles. The van der Waals surface area contributed by atoms with Crippen molar-refractivity contribution in [2.45, 2.75) is 38.1 Å². The lowest BCUT2D eigenvalue weighted by atomic mass is 9.70. The van der Waals surface area contributed by atoms with E-state index in [-0.39, 0.29) is 11.9 Å². The first-order chi connectivity index (χ1) is 15.3. The van der Waals surface area contributed by atoms with Crippen LogP contribution in [0.2, 0.25) is 0 Å². The summed E-state index contributed by atoms with van der Waals surface area (Å²) in [6.07, 6.45) is 3.45. The van der Waals surface area contributed by atoms with Gasteiger partial charge in [0.1, 0.15) is 0 Å². The standard InChI is InChI=1S/C28H29NO2/c1-2-31-28(30)27(25(22-19-12-20-22)21-13-6-3-7-14-21)29-26(23-15-8-4-9-16-23)24-17-10-5-11-18-24/h3-11,13-18,22,25,27H,2,12,19-20H2,1H3. The normalized spacial score (nSPS) is 15.4. The molecular weight excluding hydrogens is 382 g/mol. The minimum Gasteiger partial charge on any atom is -0.464 e. The lowest BCUT2D eigenvalue weighted by Gasteiger charge is -2.37. The summed E-state index contributed by atoms with van der Waals surface area (Å²) < 4.78 is 5.55.